The van der Waals surface area contributed by atoms with Crippen LogP contribution < -0.4 is 5.32 Å². The first kappa shape index (κ1) is 24.1. The van der Waals surface area contributed by atoms with Gasteiger partial charge < -0.3 is 5.32 Å². The third-order valence-corrected chi connectivity index (χ3v) is 8.22. The van der Waals surface area contributed by atoms with Crippen molar-refractivity contribution in [2.24, 2.45) is 5.92 Å². The van der Waals surface area contributed by atoms with Crippen molar-refractivity contribution in [3.63, 3.8) is 0 Å². The molecule has 0 aliphatic carbocycles. The minimum absolute atomic E-state index is 0.00626. The van der Waals surface area contributed by atoms with Gasteiger partial charge in [0, 0.05) is 40.7 Å². The Bertz CT molecular complexity index is 971. The number of halogens is 2. The summed E-state index contributed by atoms with van der Waals surface area (Å²) in [6.45, 7) is 2.65. The first-order valence-electron chi connectivity index (χ1n) is 10.5. The van der Waals surface area contributed by atoms with E-state index in [0.717, 1.165) is 12.8 Å². The highest BCUT2D eigenvalue weighted by atomic mass is 35.5. The number of nitrogens with zero attached hydrogens (tertiary/aromatic N) is 1. The van der Waals surface area contributed by atoms with Gasteiger partial charge in [-0.15, -0.1) is 0 Å². The molecule has 8 heteroatoms. The molecule has 1 heterocycles. The van der Waals surface area contributed by atoms with Gasteiger partial charge in [-0.05, 0) is 50.3 Å². The SMILES string of the molecule is C[C@H](CCc1ccccc1)NC(=O)C1CCN(S(=O)(=O)Cc2c(Cl)cccc2Cl)CC1. The smallest absolute Gasteiger partial charge is 0.223 e. The molecule has 31 heavy (non-hydrogen) atoms. The summed E-state index contributed by atoms with van der Waals surface area (Å²) in [6, 6.07) is 15.2. The second-order valence-corrected chi connectivity index (χ2v) is 10.8. The van der Waals surface area contributed by atoms with Crippen LogP contribution in [0.3, 0.4) is 0 Å². The van der Waals surface area contributed by atoms with Crippen molar-refractivity contribution in [1.29, 1.82) is 0 Å². The van der Waals surface area contributed by atoms with E-state index in [-0.39, 0.29) is 23.6 Å². The zero-order chi connectivity index (χ0) is 22.4. The summed E-state index contributed by atoms with van der Waals surface area (Å²) in [5.41, 5.74) is 1.67. The third-order valence-electron chi connectivity index (χ3n) is 5.70. The molecule has 2 aromatic carbocycles. The molecular formula is C23H28Cl2N2O3S. The molecule has 168 valence electrons. The molecule has 0 saturated carbocycles. The van der Waals surface area contributed by atoms with Crippen LogP contribution in [-0.4, -0.2) is 37.8 Å². The number of aryl methyl sites for hydroxylation is 1. The molecule has 1 aliphatic rings. The molecule has 0 radical (unpaired) electrons. The van der Waals surface area contributed by atoms with E-state index < -0.39 is 10.0 Å². The lowest BCUT2D eigenvalue weighted by Crippen LogP contribution is -2.45. The maximum Gasteiger partial charge on any atom is 0.223 e. The van der Waals surface area contributed by atoms with Gasteiger partial charge in [-0.2, -0.15) is 0 Å². The van der Waals surface area contributed by atoms with Crippen LogP contribution in [0.2, 0.25) is 10.0 Å². The van der Waals surface area contributed by atoms with E-state index in [1.807, 2.05) is 25.1 Å². The minimum atomic E-state index is -3.56. The number of piperidine rings is 1. The molecular weight excluding hydrogens is 455 g/mol. The Balaban J connectivity index is 1.48. The largest absolute Gasteiger partial charge is 0.353 e. The zero-order valence-electron chi connectivity index (χ0n) is 17.6. The summed E-state index contributed by atoms with van der Waals surface area (Å²) in [7, 11) is -3.56. The number of hydrogen-bond donors (Lipinski definition) is 1. The predicted molar refractivity (Wildman–Crippen MR) is 126 cm³/mol. The molecule has 0 unspecified atom stereocenters. The Morgan fingerprint density at radius 2 is 1.68 bits per heavy atom. The Hall–Kier alpha value is -1.60. The van der Waals surface area contributed by atoms with Gasteiger partial charge in [0.05, 0.1) is 5.75 Å². The van der Waals surface area contributed by atoms with E-state index in [9.17, 15) is 13.2 Å². The molecule has 1 N–H and O–H groups in total. The molecule has 1 saturated heterocycles. The van der Waals surface area contributed by atoms with Crippen LogP contribution in [0.1, 0.15) is 37.3 Å². The van der Waals surface area contributed by atoms with Crippen LogP contribution in [0.4, 0.5) is 0 Å². The van der Waals surface area contributed by atoms with Gasteiger partial charge in [-0.3, -0.25) is 4.79 Å². The summed E-state index contributed by atoms with van der Waals surface area (Å²) in [5, 5.41) is 3.77. The van der Waals surface area contributed by atoms with Crippen molar-refractivity contribution >= 4 is 39.1 Å². The molecule has 2 aromatic rings. The van der Waals surface area contributed by atoms with E-state index in [4.69, 9.17) is 23.2 Å². The van der Waals surface area contributed by atoms with Gasteiger partial charge in [-0.25, -0.2) is 12.7 Å². The number of amides is 1. The highest BCUT2D eigenvalue weighted by Gasteiger charge is 2.32. The van der Waals surface area contributed by atoms with Gasteiger partial charge in [0.2, 0.25) is 15.9 Å². The first-order valence-corrected chi connectivity index (χ1v) is 12.9. The second kappa shape index (κ2) is 10.8. The third kappa shape index (κ3) is 6.69. The lowest BCUT2D eigenvalue weighted by Gasteiger charge is -2.31. The number of carbonyl (C=O) groups excluding carboxylic acids is 1. The lowest BCUT2D eigenvalue weighted by molar-refractivity contribution is -0.126. The average Bonchev–Trinajstić information content (AvgIpc) is 2.76. The molecule has 0 spiro atoms. The average molecular weight is 483 g/mol. The lowest BCUT2D eigenvalue weighted by atomic mass is 9.96. The highest BCUT2D eigenvalue weighted by Crippen LogP contribution is 2.29. The molecule has 1 amide bonds. The van der Waals surface area contributed by atoms with Crippen molar-refractivity contribution in [2.75, 3.05) is 13.1 Å². The van der Waals surface area contributed by atoms with E-state index in [2.05, 4.69) is 17.4 Å². The Morgan fingerprint density at radius 3 is 2.29 bits per heavy atom. The van der Waals surface area contributed by atoms with Crippen LogP contribution in [0.5, 0.6) is 0 Å². The maximum absolute atomic E-state index is 12.8. The quantitative estimate of drug-likeness (QED) is 0.594. The molecule has 1 aliphatic heterocycles. The van der Waals surface area contributed by atoms with Crippen LogP contribution in [0.25, 0.3) is 0 Å². The second-order valence-electron chi connectivity index (χ2n) is 8.06. The molecule has 0 bridgehead atoms. The Kier molecular flexibility index (Phi) is 8.39. The van der Waals surface area contributed by atoms with Gasteiger partial charge in [-0.1, -0.05) is 59.6 Å². The molecule has 5 nitrogen and oxygen atoms in total. The summed E-state index contributed by atoms with van der Waals surface area (Å²) >= 11 is 12.3. The van der Waals surface area contributed by atoms with Crippen LogP contribution in [0.15, 0.2) is 48.5 Å². The summed E-state index contributed by atoms with van der Waals surface area (Å²) in [5.74, 6) is -0.403. The van der Waals surface area contributed by atoms with Crippen LogP contribution in [0, 0.1) is 5.92 Å². The van der Waals surface area contributed by atoms with Crippen molar-refractivity contribution < 1.29 is 13.2 Å². The van der Waals surface area contributed by atoms with E-state index >= 15 is 0 Å². The topological polar surface area (TPSA) is 66.5 Å². The zero-order valence-corrected chi connectivity index (χ0v) is 19.9. The maximum atomic E-state index is 12.8. The normalized spacial score (nSPS) is 16.7. The van der Waals surface area contributed by atoms with Crippen molar-refractivity contribution in [3.8, 4) is 0 Å². The summed E-state index contributed by atoms with van der Waals surface area (Å²) < 4.78 is 27.1. The van der Waals surface area contributed by atoms with Crippen LogP contribution in [-0.2, 0) is 27.0 Å². The van der Waals surface area contributed by atoms with E-state index in [1.54, 1.807) is 18.2 Å². The van der Waals surface area contributed by atoms with Crippen molar-refractivity contribution in [2.45, 2.75) is 44.4 Å². The van der Waals surface area contributed by atoms with Crippen molar-refractivity contribution in [1.82, 2.24) is 9.62 Å². The van der Waals surface area contributed by atoms with Gasteiger partial charge in [0.1, 0.15) is 0 Å². The fourth-order valence-corrected chi connectivity index (χ4v) is 6.12. The van der Waals surface area contributed by atoms with Gasteiger partial charge in [0.25, 0.3) is 0 Å². The summed E-state index contributed by atoms with van der Waals surface area (Å²) in [4.78, 5) is 12.6. The molecule has 1 atom stereocenters. The number of rotatable bonds is 8. The number of nitrogens with one attached hydrogen (secondary N) is 1. The number of carbonyl (C=O) groups is 1. The number of hydrogen-bond acceptors (Lipinski definition) is 3. The molecule has 1 fully saturated rings. The predicted octanol–water partition coefficient (Wildman–Crippen LogP) is 4.67. The van der Waals surface area contributed by atoms with Crippen LogP contribution >= 0.6 is 23.2 Å². The van der Waals surface area contributed by atoms with E-state index in [1.165, 1.54) is 9.87 Å². The minimum Gasteiger partial charge on any atom is -0.353 e. The first-order chi connectivity index (χ1) is 14.8. The van der Waals surface area contributed by atoms with Crippen molar-refractivity contribution in [3.05, 3.63) is 69.7 Å². The highest BCUT2D eigenvalue weighted by molar-refractivity contribution is 7.88. The summed E-state index contributed by atoms with van der Waals surface area (Å²) in [6.07, 6.45) is 2.78. The monoisotopic (exact) mass is 482 g/mol. The number of sulfonamides is 1. The number of benzene rings is 2. The standard InChI is InChI=1S/C23H28Cl2N2O3S/c1-17(10-11-18-6-3-2-4-7-18)26-23(28)19-12-14-27(15-13-19)31(29,30)16-20-21(24)8-5-9-22(20)25/h2-9,17,19H,10-16H2,1H3,(H,26,28)/t17-/m1/s1. The van der Waals surface area contributed by atoms with Gasteiger partial charge >= 0.3 is 0 Å². The fraction of sp³-hybridized carbons (Fsp3) is 0.435. The van der Waals surface area contributed by atoms with E-state index in [0.29, 0.717) is 41.5 Å². The van der Waals surface area contributed by atoms with Gasteiger partial charge in [0.15, 0.2) is 0 Å². The fourth-order valence-electron chi connectivity index (χ4n) is 3.80. The molecule has 3 rings (SSSR count). The Morgan fingerprint density at radius 1 is 1.06 bits per heavy atom. The molecule has 0 aromatic heterocycles. The Labute approximate surface area is 194 Å².